The van der Waals surface area contributed by atoms with E-state index in [1.54, 1.807) is 0 Å². The molecule has 0 atom stereocenters. The molecule has 1 fully saturated rings. The van der Waals surface area contributed by atoms with E-state index in [4.69, 9.17) is 9.47 Å². The first kappa shape index (κ1) is 16.1. The predicted octanol–water partition coefficient (Wildman–Crippen LogP) is 3.50. The van der Waals surface area contributed by atoms with Gasteiger partial charge in [-0.2, -0.15) is 0 Å². The van der Waals surface area contributed by atoms with Gasteiger partial charge in [0, 0.05) is 25.0 Å². The molecular weight excluding hydrogens is 310 g/mol. The largest absolute Gasteiger partial charge is 0.459 e. The minimum absolute atomic E-state index is 0.0513. The Balaban J connectivity index is 1.42. The highest BCUT2D eigenvalue weighted by molar-refractivity contribution is 5.89. The van der Waals surface area contributed by atoms with Crippen LogP contribution in [0.25, 0.3) is 0 Å². The van der Waals surface area contributed by atoms with Crippen molar-refractivity contribution in [2.24, 2.45) is 0 Å². The van der Waals surface area contributed by atoms with Crippen LogP contribution < -0.4 is 0 Å². The third kappa shape index (κ3) is 3.97. The predicted molar refractivity (Wildman–Crippen MR) is 86.6 cm³/mol. The zero-order valence-electron chi connectivity index (χ0n) is 13.0. The zero-order valence-corrected chi connectivity index (χ0v) is 13.0. The fourth-order valence-electron chi connectivity index (χ4n) is 2.48. The lowest BCUT2D eigenvalue weighted by Crippen LogP contribution is -2.38. The van der Waals surface area contributed by atoms with Crippen LogP contribution >= 0.6 is 0 Å². The minimum atomic E-state index is -0.504. The number of nitro groups is 1. The van der Waals surface area contributed by atoms with Crippen molar-refractivity contribution in [3.05, 3.63) is 75.8 Å². The Bertz CT molecular complexity index is 708. The van der Waals surface area contributed by atoms with E-state index in [9.17, 15) is 14.9 Å². The number of hydrogen-bond donors (Lipinski definition) is 0. The molecule has 2 aromatic rings. The van der Waals surface area contributed by atoms with Crippen molar-refractivity contribution in [1.82, 2.24) is 0 Å². The van der Waals surface area contributed by atoms with E-state index in [0.717, 1.165) is 5.56 Å². The molecule has 2 aromatic carbocycles. The Morgan fingerprint density at radius 3 is 2.33 bits per heavy atom. The third-order valence-electron chi connectivity index (χ3n) is 3.97. The molecule has 0 N–H and O–H groups in total. The number of hydrogen-bond acceptors (Lipinski definition) is 5. The molecule has 0 aromatic heterocycles. The van der Waals surface area contributed by atoms with E-state index in [0.29, 0.717) is 25.0 Å². The Morgan fingerprint density at radius 2 is 1.71 bits per heavy atom. The van der Waals surface area contributed by atoms with Crippen molar-refractivity contribution in [2.45, 2.75) is 31.7 Å². The lowest BCUT2D eigenvalue weighted by atomic mass is 9.92. The van der Waals surface area contributed by atoms with Gasteiger partial charge in [-0.3, -0.25) is 10.1 Å². The zero-order chi connectivity index (χ0) is 16.9. The molecule has 0 amide bonds. The van der Waals surface area contributed by atoms with Gasteiger partial charge in [-0.15, -0.1) is 0 Å². The van der Waals surface area contributed by atoms with E-state index in [1.807, 2.05) is 30.3 Å². The fourth-order valence-corrected chi connectivity index (χ4v) is 2.48. The van der Waals surface area contributed by atoms with Crippen LogP contribution in [-0.4, -0.2) is 23.1 Å². The highest BCUT2D eigenvalue weighted by Gasteiger charge is 2.33. The summed E-state index contributed by atoms with van der Waals surface area (Å²) in [5, 5.41) is 10.6. The van der Waals surface area contributed by atoms with Gasteiger partial charge >= 0.3 is 5.97 Å². The molecule has 3 rings (SSSR count). The van der Waals surface area contributed by atoms with Crippen LogP contribution in [0, 0.1) is 10.1 Å². The number of benzene rings is 2. The first-order valence-corrected chi connectivity index (χ1v) is 7.73. The van der Waals surface area contributed by atoms with Gasteiger partial charge < -0.3 is 9.47 Å². The smallest absolute Gasteiger partial charge is 0.338 e. The number of nitrogens with zero attached hydrogens (tertiary/aromatic N) is 1. The van der Waals surface area contributed by atoms with Crippen LogP contribution in [0.3, 0.4) is 0 Å². The summed E-state index contributed by atoms with van der Waals surface area (Å²) >= 11 is 0. The maximum Gasteiger partial charge on any atom is 0.338 e. The summed E-state index contributed by atoms with van der Waals surface area (Å²) in [6, 6.07) is 15.3. The minimum Gasteiger partial charge on any atom is -0.459 e. The second-order valence-corrected chi connectivity index (χ2v) is 5.72. The molecular formula is C18H17NO5. The number of rotatable bonds is 6. The molecule has 0 aliphatic heterocycles. The van der Waals surface area contributed by atoms with Crippen molar-refractivity contribution in [1.29, 1.82) is 0 Å². The first-order chi connectivity index (χ1) is 11.6. The van der Waals surface area contributed by atoms with Crippen molar-refractivity contribution in [2.75, 3.05) is 0 Å². The number of carbonyl (C=O) groups is 1. The van der Waals surface area contributed by atoms with E-state index < -0.39 is 10.9 Å². The molecule has 0 radical (unpaired) electrons. The molecule has 0 unspecified atom stereocenters. The van der Waals surface area contributed by atoms with Gasteiger partial charge in [0.15, 0.2) is 0 Å². The normalized spacial score (nSPS) is 19.3. The Labute approximate surface area is 139 Å². The number of carbonyl (C=O) groups excluding carboxylic acids is 1. The number of non-ortho nitro benzene ring substituents is 1. The van der Waals surface area contributed by atoms with Crippen molar-refractivity contribution < 1.29 is 19.2 Å². The molecule has 24 heavy (non-hydrogen) atoms. The number of ether oxygens (including phenoxy) is 2. The Hall–Kier alpha value is -2.73. The molecule has 6 nitrogen and oxygen atoms in total. The summed E-state index contributed by atoms with van der Waals surface area (Å²) in [7, 11) is 0. The van der Waals surface area contributed by atoms with Gasteiger partial charge in [0.1, 0.15) is 6.10 Å². The maximum atomic E-state index is 12.0. The SMILES string of the molecule is O=C(O[C@H]1C[C@H](OCc2ccccc2)C1)c1ccc([N+](=O)[O-])cc1. The lowest BCUT2D eigenvalue weighted by molar-refractivity contribution is -0.384. The highest BCUT2D eigenvalue weighted by Crippen LogP contribution is 2.28. The van der Waals surface area contributed by atoms with Gasteiger partial charge in [-0.1, -0.05) is 30.3 Å². The van der Waals surface area contributed by atoms with Crippen LogP contribution in [0.1, 0.15) is 28.8 Å². The molecule has 1 aliphatic rings. The summed E-state index contributed by atoms with van der Waals surface area (Å²) in [5.74, 6) is -0.462. The molecule has 0 bridgehead atoms. The molecule has 0 spiro atoms. The van der Waals surface area contributed by atoms with Crippen molar-refractivity contribution in [3.63, 3.8) is 0 Å². The molecule has 124 valence electrons. The van der Waals surface area contributed by atoms with E-state index in [2.05, 4.69) is 0 Å². The van der Waals surface area contributed by atoms with Crippen molar-refractivity contribution >= 4 is 11.7 Å². The summed E-state index contributed by atoms with van der Waals surface area (Å²) < 4.78 is 11.1. The molecule has 0 heterocycles. The van der Waals surface area contributed by atoms with E-state index in [-0.39, 0.29) is 17.9 Å². The monoisotopic (exact) mass is 327 g/mol. The first-order valence-electron chi connectivity index (χ1n) is 7.73. The quantitative estimate of drug-likeness (QED) is 0.461. The van der Waals surface area contributed by atoms with Crippen LogP contribution in [0.15, 0.2) is 54.6 Å². The van der Waals surface area contributed by atoms with Gasteiger partial charge in [0.2, 0.25) is 0 Å². The van der Waals surface area contributed by atoms with Crippen LogP contribution in [0.5, 0.6) is 0 Å². The van der Waals surface area contributed by atoms with Gasteiger partial charge in [0.05, 0.1) is 23.2 Å². The topological polar surface area (TPSA) is 78.7 Å². The van der Waals surface area contributed by atoms with E-state index >= 15 is 0 Å². The molecule has 1 saturated carbocycles. The maximum absolute atomic E-state index is 12.0. The Morgan fingerprint density at radius 1 is 1.04 bits per heavy atom. The lowest BCUT2D eigenvalue weighted by Gasteiger charge is -2.34. The Kier molecular flexibility index (Phi) is 4.86. The third-order valence-corrected chi connectivity index (χ3v) is 3.97. The summed E-state index contributed by atoms with van der Waals surface area (Å²) in [6.45, 7) is 0.550. The fraction of sp³-hybridized carbons (Fsp3) is 0.278. The molecule has 1 aliphatic carbocycles. The number of nitro benzene ring substituents is 1. The van der Waals surface area contributed by atoms with E-state index in [1.165, 1.54) is 24.3 Å². The van der Waals surface area contributed by atoms with Gasteiger partial charge in [-0.05, 0) is 17.7 Å². The highest BCUT2D eigenvalue weighted by atomic mass is 16.6. The average Bonchev–Trinajstić information content (AvgIpc) is 2.57. The second kappa shape index (κ2) is 7.23. The number of esters is 1. The van der Waals surface area contributed by atoms with Gasteiger partial charge in [0.25, 0.3) is 5.69 Å². The van der Waals surface area contributed by atoms with Crippen LogP contribution in [-0.2, 0) is 16.1 Å². The second-order valence-electron chi connectivity index (χ2n) is 5.72. The summed E-state index contributed by atoms with van der Waals surface area (Å²) in [6.07, 6.45) is 1.28. The molecule has 6 heteroatoms. The summed E-state index contributed by atoms with van der Waals surface area (Å²) in [5.41, 5.74) is 1.38. The summed E-state index contributed by atoms with van der Waals surface area (Å²) in [4.78, 5) is 22.1. The van der Waals surface area contributed by atoms with Crippen molar-refractivity contribution in [3.8, 4) is 0 Å². The van der Waals surface area contributed by atoms with Crippen LogP contribution in [0.2, 0.25) is 0 Å². The van der Waals surface area contributed by atoms with Crippen LogP contribution in [0.4, 0.5) is 5.69 Å². The standard InChI is InChI=1S/C18H17NO5/c20-18(14-6-8-15(9-7-14)19(21)22)24-17-10-16(11-17)23-12-13-4-2-1-3-5-13/h1-9,16-17H,10-12H2/t16-,17-. The molecule has 0 saturated heterocycles. The van der Waals surface area contributed by atoms with Gasteiger partial charge in [-0.25, -0.2) is 4.79 Å². The average molecular weight is 327 g/mol.